The highest BCUT2D eigenvalue weighted by molar-refractivity contribution is 5.98. The van der Waals surface area contributed by atoms with Crippen LogP contribution < -0.4 is 32.5 Å². The number of nitrogens with two attached hydrogens (primary N) is 1. The van der Waals surface area contributed by atoms with Gasteiger partial charge in [0.15, 0.2) is 0 Å². The van der Waals surface area contributed by atoms with E-state index in [4.69, 9.17) is 10.9 Å². The molecule has 2 aromatic rings. The predicted octanol–water partition coefficient (Wildman–Crippen LogP) is 1.14. The van der Waals surface area contributed by atoms with Crippen molar-refractivity contribution in [2.24, 2.45) is 5.73 Å². The van der Waals surface area contributed by atoms with E-state index in [1.54, 1.807) is 24.3 Å². The van der Waals surface area contributed by atoms with Crippen molar-refractivity contribution in [3.8, 4) is 23.7 Å². The quantitative estimate of drug-likeness (QED) is 0.162. The molecule has 0 spiro atoms. The van der Waals surface area contributed by atoms with Crippen molar-refractivity contribution in [3.63, 3.8) is 0 Å². The van der Waals surface area contributed by atoms with E-state index < -0.39 is 41.9 Å². The summed E-state index contributed by atoms with van der Waals surface area (Å²) in [4.78, 5) is 47.3. The van der Waals surface area contributed by atoms with Gasteiger partial charge in [0.1, 0.15) is 11.6 Å². The maximum Gasteiger partial charge on any atom is 0.316 e. The molecule has 0 radical (unpaired) electrons. The molecule has 0 aromatic heterocycles. The van der Waals surface area contributed by atoms with E-state index in [9.17, 15) is 28.0 Å². The van der Waals surface area contributed by atoms with Crippen LogP contribution in [-0.2, 0) is 4.79 Å². The molecule has 0 aliphatic heterocycles. The molecule has 2 rings (SSSR count). The first-order valence-electron chi connectivity index (χ1n) is 10.8. The van der Waals surface area contributed by atoms with Crippen LogP contribution in [0.4, 0.5) is 24.1 Å². The lowest BCUT2D eigenvalue weighted by molar-refractivity contribution is -0.135. The average Bonchev–Trinajstić information content (AvgIpc) is 2.89. The molecule has 11 nitrogen and oxygen atoms in total. The van der Waals surface area contributed by atoms with E-state index in [1.165, 1.54) is 36.8 Å². The molecule has 0 saturated heterocycles. The number of carbonyl (C=O) groups is 4. The Bertz CT molecular complexity index is 1310. The lowest BCUT2D eigenvalue weighted by Crippen LogP contribution is -2.69. The summed E-state index contributed by atoms with van der Waals surface area (Å²) in [7, 11) is 1.18. The fourth-order valence-corrected chi connectivity index (χ4v) is 3.02. The van der Waals surface area contributed by atoms with Gasteiger partial charge in [0.2, 0.25) is 0 Å². The number of rotatable bonds is 7. The Morgan fingerprint density at radius 2 is 1.47 bits per heavy atom. The van der Waals surface area contributed by atoms with Crippen LogP contribution in [0.25, 0.3) is 0 Å². The highest BCUT2D eigenvalue weighted by Gasteiger charge is 2.48. The lowest BCUT2D eigenvalue weighted by atomic mass is 9.91. The third-order valence-corrected chi connectivity index (χ3v) is 5.09. The molecule has 198 valence electrons. The zero-order valence-corrected chi connectivity index (χ0v) is 20.2. The number of carbonyl (C=O) groups excluding carboxylic acids is 4. The van der Waals surface area contributed by atoms with Crippen LogP contribution in [0.2, 0.25) is 0 Å². The fourth-order valence-electron chi connectivity index (χ4n) is 3.02. The van der Waals surface area contributed by atoms with Gasteiger partial charge in [-0.1, -0.05) is 11.8 Å². The second kappa shape index (κ2) is 13.2. The summed E-state index contributed by atoms with van der Waals surface area (Å²) < 4.78 is 27.7. The van der Waals surface area contributed by atoms with E-state index in [0.717, 1.165) is 6.92 Å². The van der Waals surface area contributed by atoms with Crippen LogP contribution in [0.1, 0.15) is 28.4 Å². The van der Waals surface area contributed by atoms with Crippen molar-refractivity contribution in [1.82, 2.24) is 21.4 Å². The first-order chi connectivity index (χ1) is 18.0. The average molecular weight is 527 g/mol. The van der Waals surface area contributed by atoms with Crippen LogP contribution in [0.3, 0.4) is 0 Å². The Morgan fingerprint density at radius 3 is 1.92 bits per heavy atom. The molecule has 0 bridgehead atoms. The SMILES string of the molecule is CNC(=O)NC(C)(C(F)F)C(NC(=O)c1ccc(C#CC#Cc2ccc(NC(N)=O)cc2)cc1)C(=O)NO. The van der Waals surface area contributed by atoms with E-state index in [1.807, 2.05) is 5.32 Å². The molecule has 0 aliphatic rings. The number of hydroxylamine groups is 1. The molecule has 6 amide bonds. The van der Waals surface area contributed by atoms with Gasteiger partial charge in [0, 0.05) is 29.4 Å². The largest absolute Gasteiger partial charge is 0.351 e. The maximum absolute atomic E-state index is 13.9. The molecule has 13 heteroatoms. The smallest absolute Gasteiger partial charge is 0.316 e. The van der Waals surface area contributed by atoms with Crippen molar-refractivity contribution in [3.05, 3.63) is 65.2 Å². The Hall–Kier alpha value is -5.14. The van der Waals surface area contributed by atoms with Crippen molar-refractivity contribution >= 4 is 29.6 Å². The molecule has 0 saturated carbocycles. The summed E-state index contributed by atoms with van der Waals surface area (Å²) in [6.07, 6.45) is -3.30. The van der Waals surface area contributed by atoms with Gasteiger partial charge in [-0.05, 0) is 67.3 Å². The number of halogens is 2. The fraction of sp³-hybridized carbons (Fsp3) is 0.200. The number of nitrogens with one attached hydrogen (secondary N) is 5. The summed E-state index contributed by atoms with van der Waals surface area (Å²) in [6.45, 7) is 0.846. The van der Waals surface area contributed by atoms with Gasteiger partial charge in [-0.25, -0.2) is 23.9 Å². The maximum atomic E-state index is 13.9. The molecule has 0 fully saturated rings. The third-order valence-electron chi connectivity index (χ3n) is 5.09. The van der Waals surface area contributed by atoms with Crippen molar-refractivity contribution < 1.29 is 33.2 Å². The number of amides is 6. The second-order valence-electron chi connectivity index (χ2n) is 7.81. The number of hydrogen-bond acceptors (Lipinski definition) is 5. The highest BCUT2D eigenvalue weighted by atomic mass is 19.3. The van der Waals surface area contributed by atoms with Crippen LogP contribution in [0.5, 0.6) is 0 Å². The number of primary amides is 1. The first-order valence-corrected chi connectivity index (χ1v) is 10.8. The topological polar surface area (TPSA) is 175 Å². The molecule has 0 heterocycles. The minimum Gasteiger partial charge on any atom is -0.351 e. The van der Waals surface area contributed by atoms with E-state index in [0.29, 0.717) is 16.8 Å². The minimum absolute atomic E-state index is 0.00130. The van der Waals surface area contributed by atoms with Gasteiger partial charge in [0.25, 0.3) is 18.2 Å². The normalized spacial score (nSPS) is 12.3. The second-order valence-corrected chi connectivity index (χ2v) is 7.81. The molecule has 38 heavy (non-hydrogen) atoms. The third kappa shape index (κ3) is 7.94. The van der Waals surface area contributed by atoms with Gasteiger partial charge in [-0.15, -0.1) is 0 Å². The van der Waals surface area contributed by atoms with Gasteiger partial charge in [0.05, 0.1) is 0 Å². The standard InChI is InChI=1S/C25H24F2N6O5/c1-25(22(26)27,32-24(37)29-2)19(21(35)33-38)31-20(34)17-11-7-15(8-12-17)5-3-4-6-16-9-13-18(14-10-16)30-23(28)36/h7-14,19,22,38H,1-2H3,(H,31,34)(H,33,35)(H3,28,30,36)(H2,29,32,37). The molecular formula is C25H24F2N6O5. The van der Waals surface area contributed by atoms with Crippen LogP contribution in [0.15, 0.2) is 48.5 Å². The highest BCUT2D eigenvalue weighted by Crippen LogP contribution is 2.21. The zero-order chi connectivity index (χ0) is 28.3. The molecular weight excluding hydrogens is 502 g/mol. The Balaban J connectivity index is 2.14. The molecule has 2 atom stereocenters. The summed E-state index contributed by atoms with van der Waals surface area (Å²) >= 11 is 0. The number of alkyl halides is 2. The van der Waals surface area contributed by atoms with Crippen LogP contribution in [-0.4, -0.2) is 54.1 Å². The number of anilines is 1. The molecule has 2 aromatic carbocycles. The van der Waals surface area contributed by atoms with Crippen LogP contribution in [0, 0.1) is 23.7 Å². The Morgan fingerprint density at radius 1 is 0.947 bits per heavy atom. The summed E-state index contributed by atoms with van der Waals surface area (Å²) in [5.41, 5.74) is 5.35. The van der Waals surface area contributed by atoms with Crippen LogP contribution >= 0.6 is 0 Å². The first kappa shape index (κ1) is 29.1. The number of hydrogen-bond donors (Lipinski definition) is 7. The van der Waals surface area contributed by atoms with E-state index in [-0.39, 0.29) is 5.56 Å². The predicted molar refractivity (Wildman–Crippen MR) is 133 cm³/mol. The number of urea groups is 2. The summed E-state index contributed by atoms with van der Waals surface area (Å²) in [6, 6.07) is 8.48. The summed E-state index contributed by atoms with van der Waals surface area (Å²) in [5.74, 6) is 8.61. The minimum atomic E-state index is -3.30. The summed E-state index contributed by atoms with van der Waals surface area (Å²) in [5, 5.41) is 17.6. The van der Waals surface area contributed by atoms with Crippen molar-refractivity contribution in [1.29, 1.82) is 0 Å². The van der Waals surface area contributed by atoms with Crippen molar-refractivity contribution in [2.75, 3.05) is 12.4 Å². The van der Waals surface area contributed by atoms with Gasteiger partial charge >= 0.3 is 12.1 Å². The van der Waals surface area contributed by atoms with E-state index in [2.05, 4.69) is 39.6 Å². The van der Waals surface area contributed by atoms with Gasteiger partial charge < -0.3 is 27.0 Å². The Labute approximate surface area is 216 Å². The van der Waals surface area contributed by atoms with Crippen molar-refractivity contribution in [2.45, 2.75) is 24.9 Å². The Kier molecular flexibility index (Phi) is 10.1. The molecule has 0 aliphatic carbocycles. The van der Waals surface area contributed by atoms with Gasteiger partial charge in [-0.2, -0.15) is 0 Å². The van der Waals surface area contributed by atoms with Gasteiger partial charge in [-0.3, -0.25) is 14.8 Å². The lowest BCUT2D eigenvalue weighted by Gasteiger charge is -2.36. The molecule has 8 N–H and O–H groups in total. The van der Waals surface area contributed by atoms with E-state index >= 15 is 0 Å². The zero-order valence-electron chi connectivity index (χ0n) is 20.2. The molecule has 2 unspecified atom stereocenters. The monoisotopic (exact) mass is 526 g/mol. The number of benzene rings is 2.